The lowest BCUT2D eigenvalue weighted by Gasteiger charge is -2.39. The van der Waals surface area contributed by atoms with Crippen LogP contribution < -0.4 is 9.47 Å². The fourth-order valence-electron chi connectivity index (χ4n) is 4.05. The van der Waals surface area contributed by atoms with Crippen molar-refractivity contribution in [3.05, 3.63) is 59.2 Å². The van der Waals surface area contributed by atoms with Crippen molar-refractivity contribution in [2.24, 2.45) is 4.99 Å². The van der Waals surface area contributed by atoms with Crippen LogP contribution in [-0.4, -0.2) is 51.0 Å². The Morgan fingerprint density at radius 2 is 1.84 bits per heavy atom. The van der Waals surface area contributed by atoms with Crippen LogP contribution in [0.2, 0.25) is 0 Å². The number of rotatable bonds is 3. The minimum absolute atomic E-state index is 0.356. The number of methoxy groups -OCH3 is 2. The van der Waals surface area contributed by atoms with Crippen molar-refractivity contribution >= 4 is 5.71 Å². The molecule has 1 saturated heterocycles. The quantitative estimate of drug-likeness (QED) is 0.862. The van der Waals surface area contributed by atoms with E-state index in [0.717, 1.165) is 42.3 Å². The molecule has 2 aliphatic heterocycles. The van der Waals surface area contributed by atoms with E-state index in [1.54, 1.807) is 14.2 Å². The number of likely N-dealkylation sites (tertiary alicyclic amines) is 1. The standard InChI is InChI=1S/C21H24N2O2/c1-23-11-10-18-17(13-23)15-6-4-5-7-16(15)21(22-18)14-8-9-19(24-2)20(12-14)25-3/h4-9,12,17-18H,10-11,13H2,1-3H3. The fraction of sp³-hybridized carbons (Fsp3) is 0.381. The van der Waals surface area contributed by atoms with Gasteiger partial charge in [0.05, 0.1) is 26.0 Å². The van der Waals surface area contributed by atoms with Crippen LogP contribution in [0.1, 0.15) is 29.0 Å². The molecule has 0 N–H and O–H groups in total. The zero-order valence-electron chi connectivity index (χ0n) is 15.0. The Labute approximate surface area is 149 Å². The van der Waals surface area contributed by atoms with Gasteiger partial charge in [-0.05, 0) is 43.8 Å². The maximum atomic E-state index is 5.49. The van der Waals surface area contributed by atoms with Gasteiger partial charge in [-0.1, -0.05) is 24.3 Å². The van der Waals surface area contributed by atoms with Crippen LogP contribution in [-0.2, 0) is 0 Å². The highest BCUT2D eigenvalue weighted by Gasteiger charge is 2.34. The lowest BCUT2D eigenvalue weighted by atomic mass is 9.79. The largest absolute Gasteiger partial charge is 0.493 e. The third kappa shape index (κ3) is 2.81. The number of piperidine rings is 1. The molecule has 0 aliphatic carbocycles. The maximum absolute atomic E-state index is 5.49. The van der Waals surface area contributed by atoms with Crippen molar-refractivity contribution in [1.29, 1.82) is 0 Å². The first-order chi connectivity index (χ1) is 12.2. The summed E-state index contributed by atoms with van der Waals surface area (Å²) in [5, 5.41) is 0. The fourth-order valence-corrected chi connectivity index (χ4v) is 4.05. The van der Waals surface area contributed by atoms with E-state index in [1.165, 1.54) is 11.1 Å². The summed E-state index contributed by atoms with van der Waals surface area (Å²) in [6.07, 6.45) is 1.10. The van der Waals surface area contributed by atoms with Crippen LogP contribution in [0, 0.1) is 0 Å². The van der Waals surface area contributed by atoms with Gasteiger partial charge in [0.1, 0.15) is 0 Å². The van der Waals surface area contributed by atoms with Gasteiger partial charge in [0.15, 0.2) is 11.5 Å². The van der Waals surface area contributed by atoms with Crippen molar-refractivity contribution in [3.8, 4) is 11.5 Å². The lowest BCUT2D eigenvalue weighted by molar-refractivity contribution is 0.227. The summed E-state index contributed by atoms with van der Waals surface area (Å²) in [6.45, 7) is 2.18. The zero-order chi connectivity index (χ0) is 17.4. The predicted molar refractivity (Wildman–Crippen MR) is 100 cm³/mol. The molecule has 0 spiro atoms. The number of fused-ring (bicyclic) bond motifs is 3. The van der Waals surface area contributed by atoms with Gasteiger partial charge in [0, 0.05) is 23.6 Å². The van der Waals surface area contributed by atoms with Crippen molar-refractivity contribution < 1.29 is 9.47 Å². The summed E-state index contributed by atoms with van der Waals surface area (Å²) in [4.78, 5) is 7.59. The molecule has 2 heterocycles. The van der Waals surface area contributed by atoms with Gasteiger partial charge in [-0.15, -0.1) is 0 Å². The molecule has 2 aliphatic rings. The van der Waals surface area contributed by atoms with Crippen molar-refractivity contribution in [2.45, 2.75) is 18.4 Å². The van der Waals surface area contributed by atoms with E-state index in [2.05, 4.69) is 42.3 Å². The second-order valence-corrected chi connectivity index (χ2v) is 6.86. The first-order valence-corrected chi connectivity index (χ1v) is 8.79. The van der Waals surface area contributed by atoms with Gasteiger partial charge >= 0.3 is 0 Å². The van der Waals surface area contributed by atoms with Crippen LogP contribution in [0.3, 0.4) is 0 Å². The van der Waals surface area contributed by atoms with Gasteiger partial charge < -0.3 is 14.4 Å². The maximum Gasteiger partial charge on any atom is 0.161 e. The molecule has 1 fully saturated rings. The molecule has 0 saturated carbocycles. The number of nitrogens with zero attached hydrogens (tertiary/aromatic N) is 2. The molecule has 2 aromatic rings. The van der Waals surface area contributed by atoms with Gasteiger partial charge in [-0.3, -0.25) is 4.99 Å². The molecule has 0 radical (unpaired) electrons. The molecule has 4 rings (SSSR count). The summed E-state index contributed by atoms with van der Waals surface area (Å²) in [6, 6.07) is 15.1. The van der Waals surface area contributed by atoms with Crippen LogP contribution in [0.4, 0.5) is 0 Å². The predicted octanol–water partition coefficient (Wildman–Crippen LogP) is 3.34. The normalized spacial score (nSPS) is 22.6. The molecule has 25 heavy (non-hydrogen) atoms. The first-order valence-electron chi connectivity index (χ1n) is 8.79. The van der Waals surface area contributed by atoms with Gasteiger partial charge in [-0.2, -0.15) is 0 Å². The van der Waals surface area contributed by atoms with E-state index in [4.69, 9.17) is 14.5 Å². The molecule has 0 amide bonds. The topological polar surface area (TPSA) is 34.1 Å². The molecular weight excluding hydrogens is 312 g/mol. The number of aliphatic imine (C=N–C) groups is 1. The molecule has 2 atom stereocenters. The lowest BCUT2D eigenvalue weighted by Crippen LogP contribution is -2.41. The SMILES string of the molecule is COc1ccc(C2=NC3CCN(C)CC3c3ccccc32)cc1OC. The molecule has 4 heteroatoms. The molecule has 4 nitrogen and oxygen atoms in total. The monoisotopic (exact) mass is 336 g/mol. The first kappa shape index (κ1) is 16.2. The molecule has 130 valence electrons. The average Bonchev–Trinajstić information content (AvgIpc) is 2.67. The highest BCUT2D eigenvalue weighted by Crippen LogP contribution is 2.38. The number of hydrogen-bond acceptors (Lipinski definition) is 4. The molecular formula is C21H24N2O2. The minimum atomic E-state index is 0.356. The van der Waals surface area contributed by atoms with E-state index >= 15 is 0 Å². The minimum Gasteiger partial charge on any atom is -0.493 e. The average molecular weight is 336 g/mol. The Bertz CT molecular complexity index is 815. The summed E-state index contributed by atoms with van der Waals surface area (Å²) in [5.41, 5.74) is 4.81. The van der Waals surface area contributed by atoms with Crippen molar-refractivity contribution in [3.63, 3.8) is 0 Å². The van der Waals surface area contributed by atoms with E-state index in [1.807, 2.05) is 12.1 Å². The number of ether oxygens (including phenoxy) is 2. The Morgan fingerprint density at radius 1 is 1.04 bits per heavy atom. The van der Waals surface area contributed by atoms with Crippen molar-refractivity contribution in [2.75, 3.05) is 34.4 Å². The molecule has 0 bridgehead atoms. The zero-order valence-corrected chi connectivity index (χ0v) is 15.0. The summed E-state index contributed by atoms with van der Waals surface area (Å²) >= 11 is 0. The molecule has 2 aromatic carbocycles. The van der Waals surface area contributed by atoms with Crippen LogP contribution in [0.5, 0.6) is 11.5 Å². The Morgan fingerprint density at radius 3 is 2.64 bits per heavy atom. The summed E-state index contributed by atoms with van der Waals surface area (Å²) in [5.74, 6) is 1.97. The highest BCUT2D eigenvalue weighted by molar-refractivity contribution is 6.14. The molecule has 2 unspecified atom stereocenters. The van der Waals surface area contributed by atoms with Crippen molar-refractivity contribution in [1.82, 2.24) is 4.90 Å². The second kappa shape index (κ2) is 6.52. The van der Waals surface area contributed by atoms with E-state index in [9.17, 15) is 0 Å². The Kier molecular flexibility index (Phi) is 4.22. The Balaban J connectivity index is 1.82. The summed E-state index contributed by atoms with van der Waals surface area (Å²) in [7, 11) is 5.53. The molecule has 0 aromatic heterocycles. The van der Waals surface area contributed by atoms with Crippen LogP contribution >= 0.6 is 0 Å². The Hall–Kier alpha value is -2.33. The van der Waals surface area contributed by atoms with E-state index < -0.39 is 0 Å². The third-order valence-corrected chi connectivity index (χ3v) is 5.35. The van der Waals surface area contributed by atoms with Gasteiger partial charge in [0.2, 0.25) is 0 Å². The number of hydrogen-bond donors (Lipinski definition) is 0. The number of benzene rings is 2. The van der Waals surface area contributed by atoms with Gasteiger partial charge in [0.25, 0.3) is 0 Å². The smallest absolute Gasteiger partial charge is 0.161 e. The third-order valence-electron chi connectivity index (χ3n) is 5.35. The van der Waals surface area contributed by atoms with Crippen LogP contribution in [0.15, 0.2) is 47.5 Å². The summed E-state index contributed by atoms with van der Waals surface area (Å²) < 4.78 is 10.9. The van der Waals surface area contributed by atoms with E-state index in [0.29, 0.717) is 12.0 Å². The van der Waals surface area contributed by atoms with Crippen LogP contribution in [0.25, 0.3) is 0 Å². The van der Waals surface area contributed by atoms with Gasteiger partial charge in [-0.25, -0.2) is 0 Å². The number of likely N-dealkylation sites (N-methyl/N-ethyl adjacent to an activating group) is 1. The second-order valence-electron chi connectivity index (χ2n) is 6.86. The van der Waals surface area contributed by atoms with E-state index in [-0.39, 0.29) is 0 Å². The highest BCUT2D eigenvalue weighted by atomic mass is 16.5.